The summed E-state index contributed by atoms with van der Waals surface area (Å²) in [5.41, 5.74) is 6.56. The highest BCUT2D eigenvalue weighted by Gasteiger charge is 2.27. The summed E-state index contributed by atoms with van der Waals surface area (Å²) in [6.07, 6.45) is 1.70. The lowest BCUT2D eigenvalue weighted by Crippen LogP contribution is -2.47. The van der Waals surface area contributed by atoms with Gasteiger partial charge in [0.2, 0.25) is 5.95 Å². The molecular weight excluding hydrogens is 372 g/mol. The molecular formula is C25H30N4O. The Kier molecular flexibility index (Phi) is 5.73. The fourth-order valence-corrected chi connectivity index (χ4v) is 4.10. The summed E-state index contributed by atoms with van der Waals surface area (Å²) in [6, 6.07) is 17.2. The zero-order chi connectivity index (χ0) is 21.3. The maximum atomic E-state index is 13.3. The third-order valence-electron chi connectivity index (χ3n) is 5.91. The van der Waals surface area contributed by atoms with Crippen LogP contribution >= 0.6 is 0 Å². The van der Waals surface area contributed by atoms with Crippen LogP contribution in [0.25, 0.3) is 0 Å². The summed E-state index contributed by atoms with van der Waals surface area (Å²) >= 11 is 0. The molecule has 156 valence electrons. The quantitative estimate of drug-likeness (QED) is 0.628. The molecule has 0 saturated heterocycles. The monoisotopic (exact) mass is 402 g/mol. The summed E-state index contributed by atoms with van der Waals surface area (Å²) < 4.78 is 1.83. The van der Waals surface area contributed by atoms with Crippen LogP contribution in [0.1, 0.15) is 41.8 Å². The Morgan fingerprint density at radius 2 is 1.53 bits per heavy atom. The summed E-state index contributed by atoms with van der Waals surface area (Å²) in [5.74, 6) is 0.735. The van der Waals surface area contributed by atoms with E-state index in [-0.39, 0.29) is 5.56 Å². The predicted octanol–water partition coefficient (Wildman–Crippen LogP) is 4.55. The van der Waals surface area contributed by atoms with E-state index in [4.69, 9.17) is 4.98 Å². The van der Waals surface area contributed by atoms with Crippen LogP contribution in [0, 0.1) is 13.8 Å². The molecule has 5 heteroatoms. The van der Waals surface area contributed by atoms with Gasteiger partial charge in [-0.1, -0.05) is 55.8 Å². The number of hydrogen-bond donors (Lipinski definition) is 0. The van der Waals surface area contributed by atoms with Gasteiger partial charge in [0.25, 0.3) is 5.56 Å². The molecule has 0 fully saturated rings. The van der Waals surface area contributed by atoms with Crippen molar-refractivity contribution in [1.82, 2.24) is 14.5 Å². The topological polar surface area (TPSA) is 41.4 Å². The summed E-state index contributed by atoms with van der Waals surface area (Å²) in [4.78, 5) is 22.6. The molecule has 0 radical (unpaired) electrons. The lowest BCUT2D eigenvalue weighted by atomic mass is 10.1. The summed E-state index contributed by atoms with van der Waals surface area (Å²) in [7, 11) is 0. The molecule has 2 aromatic carbocycles. The van der Waals surface area contributed by atoms with Gasteiger partial charge in [0.1, 0.15) is 0 Å². The first-order valence-corrected chi connectivity index (χ1v) is 10.7. The Bertz CT molecular complexity index is 1080. The minimum Gasteiger partial charge on any atom is -0.298 e. The number of rotatable bonds is 5. The summed E-state index contributed by atoms with van der Waals surface area (Å²) in [6.45, 7) is 10.2. The van der Waals surface area contributed by atoms with Crippen molar-refractivity contribution in [2.24, 2.45) is 0 Å². The fraction of sp³-hybridized carbons (Fsp3) is 0.360. The van der Waals surface area contributed by atoms with Crippen molar-refractivity contribution >= 4 is 11.6 Å². The maximum absolute atomic E-state index is 13.3. The highest BCUT2D eigenvalue weighted by atomic mass is 16.1. The van der Waals surface area contributed by atoms with Crippen molar-refractivity contribution in [1.29, 1.82) is 0 Å². The second kappa shape index (κ2) is 8.44. The van der Waals surface area contributed by atoms with Crippen LogP contribution < -0.4 is 10.5 Å². The Balaban J connectivity index is 1.76. The van der Waals surface area contributed by atoms with Crippen molar-refractivity contribution in [2.45, 2.75) is 53.8 Å². The zero-order valence-electron chi connectivity index (χ0n) is 18.4. The molecule has 2 heterocycles. The van der Waals surface area contributed by atoms with Crippen LogP contribution in [0.2, 0.25) is 0 Å². The third-order valence-corrected chi connectivity index (χ3v) is 5.91. The van der Waals surface area contributed by atoms with Gasteiger partial charge < -0.3 is 0 Å². The van der Waals surface area contributed by atoms with Crippen LogP contribution in [0.15, 0.2) is 53.3 Å². The van der Waals surface area contributed by atoms with Gasteiger partial charge in [-0.25, -0.2) is 4.98 Å². The van der Waals surface area contributed by atoms with Crippen molar-refractivity contribution in [2.75, 3.05) is 11.6 Å². The molecule has 0 atom stereocenters. The van der Waals surface area contributed by atoms with E-state index in [0.29, 0.717) is 19.8 Å². The second-order valence-corrected chi connectivity index (χ2v) is 8.11. The van der Waals surface area contributed by atoms with E-state index in [9.17, 15) is 4.79 Å². The zero-order valence-corrected chi connectivity index (χ0v) is 18.4. The van der Waals surface area contributed by atoms with Crippen molar-refractivity contribution in [3.63, 3.8) is 0 Å². The lowest BCUT2D eigenvalue weighted by Gasteiger charge is -2.38. The van der Waals surface area contributed by atoms with E-state index in [0.717, 1.165) is 35.9 Å². The normalized spacial score (nSPS) is 14.1. The number of nitrogens with zero attached hydrogens (tertiary/aromatic N) is 4. The fourth-order valence-electron chi connectivity index (χ4n) is 4.10. The Labute approximate surface area is 178 Å². The SMILES string of the molecule is CCc1ccc(N2CN(Cc3ccc(C)cc3)Cn3c2nc(C)c(CC)c3=O)cc1. The molecule has 0 unspecified atom stereocenters. The number of fused-ring (bicyclic) bond motifs is 1. The molecule has 5 nitrogen and oxygen atoms in total. The van der Waals surface area contributed by atoms with Crippen LogP contribution in [-0.4, -0.2) is 21.1 Å². The molecule has 30 heavy (non-hydrogen) atoms. The molecule has 1 aliphatic rings. The Morgan fingerprint density at radius 1 is 0.867 bits per heavy atom. The van der Waals surface area contributed by atoms with E-state index < -0.39 is 0 Å². The second-order valence-electron chi connectivity index (χ2n) is 8.11. The molecule has 3 aromatic rings. The van der Waals surface area contributed by atoms with Gasteiger partial charge in [-0.15, -0.1) is 0 Å². The van der Waals surface area contributed by atoms with Gasteiger partial charge in [-0.3, -0.25) is 19.2 Å². The average molecular weight is 403 g/mol. The largest absolute Gasteiger partial charge is 0.298 e. The number of aromatic nitrogens is 2. The van der Waals surface area contributed by atoms with Gasteiger partial charge in [0, 0.05) is 23.5 Å². The van der Waals surface area contributed by atoms with Gasteiger partial charge in [-0.05, 0) is 49.9 Å². The first-order chi connectivity index (χ1) is 14.5. The number of benzene rings is 2. The van der Waals surface area contributed by atoms with Gasteiger partial charge in [0.05, 0.1) is 13.3 Å². The lowest BCUT2D eigenvalue weighted by molar-refractivity contribution is 0.189. The molecule has 0 N–H and O–H groups in total. The molecule has 1 aromatic heterocycles. The van der Waals surface area contributed by atoms with E-state index in [1.807, 2.05) is 18.4 Å². The van der Waals surface area contributed by atoms with Crippen molar-refractivity contribution in [3.8, 4) is 0 Å². The molecule has 0 spiro atoms. The van der Waals surface area contributed by atoms with Gasteiger partial charge >= 0.3 is 0 Å². The number of anilines is 2. The van der Waals surface area contributed by atoms with E-state index in [1.165, 1.54) is 16.7 Å². The third kappa shape index (κ3) is 3.90. The van der Waals surface area contributed by atoms with E-state index >= 15 is 0 Å². The Hall–Kier alpha value is -2.92. The van der Waals surface area contributed by atoms with Crippen molar-refractivity contribution in [3.05, 3.63) is 86.8 Å². The van der Waals surface area contributed by atoms with Crippen molar-refractivity contribution < 1.29 is 0 Å². The number of hydrogen-bond acceptors (Lipinski definition) is 4. The van der Waals surface area contributed by atoms with Crippen LogP contribution in [0.4, 0.5) is 11.6 Å². The smallest absolute Gasteiger partial charge is 0.259 e. The molecule has 0 bridgehead atoms. The average Bonchev–Trinajstić information content (AvgIpc) is 2.76. The van der Waals surface area contributed by atoms with Crippen LogP contribution in [-0.2, 0) is 26.1 Å². The highest BCUT2D eigenvalue weighted by molar-refractivity contribution is 5.59. The summed E-state index contributed by atoms with van der Waals surface area (Å²) in [5, 5.41) is 0. The maximum Gasteiger partial charge on any atom is 0.259 e. The highest BCUT2D eigenvalue weighted by Crippen LogP contribution is 2.28. The van der Waals surface area contributed by atoms with E-state index in [2.05, 4.69) is 72.2 Å². The molecule has 4 rings (SSSR count). The van der Waals surface area contributed by atoms with Crippen LogP contribution in [0.3, 0.4) is 0 Å². The van der Waals surface area contributed by atoms with E-state index in [1.54, 1.807) is 0 Å². The standard InChI is InChI=1S/C25H30N4O/c1-5-20-11-13-22(14-12-20)28-16-27(15-21-9-7-18(3)8-10-21)17-29-24(30)23(6-2)19(4)26-25(28)29/h7-14H,5-6,15-17H2,1-4H3. The molecule has 1 aliphatic heterocycles. The predicted molar refractivity (Wildman–Crippen MR) is 122 cm³/mol. The minimum atomic E-state index is 0.0729. The molecule has 0 amide bonds. The van der Waals surface area contributed by atoms with Gasteiger partial charge in [0.15, 0.2) is 0 Å². The first kappa shape index (κ1) is 20.4. The molecule has 0 saturated carbocycles. The number of aryl methyl sites for hydroxylation is 3. The Morgan fingerprint density at radius 3 is 2.17 bits per heavy atom. The molecule has 0 aliphatic carbocycles. The van der Waals surface area contributed by atoms with Crippen LogP contribution in [0.5, 0.6) is 0 Å². The minimum absolute atomic E-state index is 0.0729. The van der Waals surface area contributed by atoms with Gasteiger partial charge in [-0.2, -0.15) is 0 Å². The first-order valence-electron chi connectivity index (χ1n) is 10.7.